The fraction of sp³-hybridized carbons (Fsp3) is 0.360. The van der Waals surface area contributed by atoms with Gasteiger partial charge in [-0.2, -0.15) is 0 Å². The zero-order valence-electron chi connectivity index (χ0n) is 19.6. The van der Waals surface area contributed by atoms with Gasteiger partial charge in [-0.05, 0) is 0 Å². The Kier molecular flexibility index (Phi) is 10.1. The second-order valence-corrected chi connectivity index (χ2v) is 7.18. The van der Waals surface area contributed by atoms with Crippen LogP contribution in [0.5, 0.6) is 17.2 Å². The van der Waals surface area contributed by atoms with Crippen LogP contribution >= 0.6 is 0 Å². The standard InChI is InChI=1S/C21H18O8.C2H6O.C2H6/c22-10-13-6-12(23)7-18(27-13)29-17-9-16-19(21(26)20(17)25)14(24)8-15(28-16)11-4-2-1-3-5-11;1-3-2;1-2/h1-5,8-10,12-13,18,23,25-26H,6-7H2;1-2H3;1-2H3. The summed E-state index contributed by atoms with van der Waals surface area (Å²) in [6, 6.07) is 11.4. The van der Waals surface area contributed by atoms with E-state index in [1.165, 1.54) is 12.1 Å². The fourth-order valence-electron chi connectivity index (χ4n) is 3.30. The molecule has 184 valence electrons. The maximum atomic E-state index is 12.5. The average molecular weight is 475 g/mol. The highest BCUT2D eigenvalue weighted by molar-refractivity contribution is 5.89. The van der Waals surface area contributed by atoms with Crippen molar-refractivity contribution < 1.29 is 38.7 Å². The Bertz CT molecular complexity index is 1120. The third-order valence-electron chi connectivity index (χ3n) is 4.70. The Balaban J connectivity index is 0.000000758. The number of ether oxygens (including phenoxy) is 3. The van der Waals surface area contributed by atoms with E-state index >= 15 is 0 Å². The van der Waals surface area contributed by atoms with Crippen LogP contribution in [-0.4, -0.2) is 54.3 Å². The van der Waals surface area contributed by atoms with Crippen LogP contribution in [0.3, 0.4) is 0 Å². The Labute approximate surface area is 197 Å². The van der Waals surface area contributed by atoms with E-state index in [0.29, 0.717) is 11.8 Å². The van der Waals surface area contributed by atoms with Gasteiger partial charge in [0.25, 0.3) is 0 Å². The van der Waals surface area contributed by atoms with E-state index in [-0.39, 0.29) is 35.3 Å². The lowest BCUT2D eigenvalue weighted by Gasteiger charge is -2.30. The van der Waals surface area contributed by atoms with Gasteiger partial charge in [0.05, 0.1) is 6.10 Å². The third-order valence-corrected chi connectivity index (χ3v) is 4.70. The molecule has 9 nitrogen and oxygen atoms in total. The van der Waals surface area contributed by atoms with E-state index in [1.807, 2.05) is 19.9 Å². The van der Waals surface area contributed by atoms with Crippen LogP contribution in [0.15, 0.2) is 51.7 Å². The van der Waals surface area contributed by atoms with Crippen molar-refractivity contribution in [1.82, 2.24) is 0 Å². The first kappa shape index (κ1) is 26.8. The maximum Gasteiger partial charge on any atom is 0.203 e. The minimum atomic E-state index is -1.03. The van der Waals surface area contributed by atoms with Crippen LogP contribution in [0, 0.1) is 0 Å². The van der Waals surface area contributed by atoms with Gasteiger partial charge in [-0.1, -0.05) is 44.2 Å². The Morgan fingerprint density at radius 1 is 1.03 bits per heavy atom. The lowest BCUT2D eigenvalue weighted by atomic mass is 10.1. The number of aliphatic hydroxyl groups is 1. The summed E-state index contributed by atoms with van der Waals surface area (Å²) in [5, 5.41) is 30.3. The lowest BCUT2D eigenvalue weighted by Crippen LogP contribution is -2.39. The number of carbonyl (C=O) groups excluding carboxylic acids is 1. The molecule has 9 heteroatoms. The van der Waals surface area contributed by atoms with Crippen molar-refractivity contribution in [2.24, 2.45) is 0 Å². The SMILES string of the molecule is CC.COC.O=CC1CC(O)CC(Oc2cc3oc(-c4ccccc4)cc(=O)c3c(O)c2O)O1. The molecule has 1 fully saturated rings. The van der Waals surface area contributed by atoms with Crippen molar-refractivity contribution in [3.8, 4) is 28.6 Å². The molecule has 0 radical (unpaired) electrons. The smallest absolute Gasteiger partial charge is 0.203 e. The van der Waals surface area contributed by atoms with E-state index in [0.717, 1.165) is 0 Å². The molecule has 3 aromatic rings. The second-order valence-electron chi connectivity index (χ2n) is 7.18. The number of methoxy groups -OCH3 is 1. The zero-order chi connectivity index (χ0) is 25.3. The summed E-state index contributed by atoms with van der Waals surface area (Å²) in [4.78, 5) is 23.5. The highest BCUT2D eigenvalue weighted by Gasteiger charge is 2.31. The molecular formula is C25H30O9. The van der Waals surface area contributed by atoms with Crippen molar-refractivity contribution in [3.63, 3.8) is 0 Å². The van der Waals surface area contributed by atoms with Gasteiger partial charge in [-0.15, -0.1) is 0 Å². The highest BCUT2D eigenvalue weighted by Crippen LogP contribution is 2.42. The minimum Gasteiger partial charge on any atom is -0.504 e. The van der Waals surface area contributed by atoms with Gasteiger partial charge in [0.2, 0.25) is 12.0 Å². The first-order valence-electron chi connectivity index (χ1n) is 10.8. The molecule has 4 rings (SSSR count). The number of aliphatic hydroxyl groups excluding tert-OH is 1. The monoisotopic (exact) mass is 474 g/mol. The van der Waals surface area contributed by atoms with E-state index in [4.69, 9.17) is 13.9 Å². The lowest BCUT2D eigenvalue weighted by molar-refractivity contribution is -0.176. The molecule has 0 aliphatic carbocycles. The quantitative estimate of drug-likeness (QED) is 0.383. The minimum absolute atomic E-state index is 0.00458. The van der Waals surface area contributed by atoms with Crippen LogP contribution in [0.25, 0.3) is 22.3 Å². The normalized spacial score (nSPS) is 19.3. The van der Waals surface area contributed by atoms with Gasteiger partial charge in [-0.3, -0.25) is 4.79 Å². The number of aldehydes is 1. The molecule has 3 atom stereocenters. The van der Waals surface area contributed by atoms with Gasteiger partial charge in [0.15, 0.2) is 16.9 Å². The van der Waals surface area contributed by atoms with E-state index in [2.05, 4.69) is 4.74 Å². The number of hydrogen-bond donors (Lipinski definition) is 3. The molecule has 3 unspecified atom stereocenters. The number of phenols is 2. The van der Waals surface area contributed by atoms with Crippen molar-refractivity contribution >= 4 is 17.3 Å². The third kappa shape index (κ3) is 6.34. The second kappa shape index (κ2) is 12.7. The fourth-order valence-corrected chi connectivity index (χ4v) is 3.30. The van der Waals surface area contributed by atoms with Crippen molar-refractivity contribution in [2.75, 3.05) is 14.2 Å². The number of fused-ring (bicyclic) bond motifs is 1. The van der Waals surface area contributed by atoms with Gasteiger partial charge in [0.1, 0.15) is 29.1 Å². The number of carbonyl (C=O) groups is 1. The van der Waals surface area contributed by atoms with Crippen LogP contribution in [-0.2, 0) is 14.3 Å². The number of benzene rings is 2. The summed E-state index contributed by atoms with van der Waals surface area (Å²) < 4.78 is 21.0. The first-order chi connectivity index (χ1) is 16.4. The Morgan fingerprint density at radius 3 is 2.29 bits per heavy atom. The molecule has 1 aliphatic heterocycles. The van der Waals surface area contributed by atoms with Crippen LogP contribution in [0.1, 0.15) is 26.7 Å². The van der Waals surface area contributed by atoms with Crippen LogP contribution in [0.4, 0.5) is 0 Å². The van der Waals surface area contributed by atoms with Gasteiger partial charge < -0.3 is 38.7 Å². The summed E-state index contributed by atoms with van der Waals surface area (Å²) in [5.41, 5.74) is 0.133. The zero-order valence-corrected chi connectivity index (χ0v) is 19.6. The molecule has 2 heterocycles. The summed E-state index contributed by atoms with van der Waals surface area (Å²) in [6.07, 6.45) is -1.92. The molecule has 1 aromatic heterocycles. The number of aromatic hydroxyl groups is 2. The van der Waals surface area contributed by atoms with E-state index in [9.17, 15) is 24.9 Å². The Hall–Kier alpha value is -3.40. The average Bonchev–Trinajstić information content (AvgIpc) is 2.84. The Morgan fingerprint density at radius 2 is 1.68 bits per heavy atom. The van der Waals surface area contributed by atoms with Crippen LogP contribution in [0.2, 0.25) is 0 Å². The largest absolute Gasteiger partial charge is 0.504 e. The summed E-state index contributed by atoms with van der Waals surface area (Å²) in [7, 11) is 3.25. The van der Waals surface area contributed by atoms with Crippen molar-refractivity contribution in [1.29, 1.82) is 0 Å². The number of phenolic OH excluding ortho intramolecular Hbond substituents is 2. The predicted molar refractivity (Wildman–Crippen MR) is 126 cm³/mol. The predicted octanol–water partition coefficient (Wildman–Crippen LogP) is 3.60. The molecule has 0 amide bonds. The molecule has 0 bridgehead atoms. The summed E-state index contributed by atoms with van der Waals surface area (Å²) in [5.74, 6) is -1.27. The first-order valence-corrected chi connectivity index (χ1v) is 10.8. The van der Waals surface area contributed by atoms with Crippen molar-refractivity contribution in [3.05, 3.63) is 52.7 Å². The molecule has 3 N–H and O–H groups in total. The van der Waals surface area contributed by atoms with Crippen molar-refractivity contribution in [2.45, 2.75) is 45.2 Å². The number of rotatable bonds is 4. The molecule has 34 heavy (non-hydrogen) atoms. The molecule has 0 spiro atoms. The van der Waals surface area contributed by atoms with Gasteiger partial charge in [0, 0.05) is 44.8 Å². The molecule has 1 aliphatic rings. The summed E-state index contributed by atoms with van der Waals surface area (Å²) >= 11 is 0. The molecule has 1 saturated heterocycles. The highest BCUT2D eigenvalue weighted by atomic mass is 16.7. The van der Waals surface area contributed by atoms with Crippen LogP contribution < -0.4 is 10.2 Å². The number of hydrogen-bond acceptors (Lipinski definition) is 9. The summed E-state index contributed by atoms with van der Waals surface area (Å²) in [6.45, 7) is 4.00. The molecule has 2 aromatic carbocycles. The molecule has 0 saturated carbocycles. The van der Waals surface area contributed by atoms with E-state index in [1.54, 1.807) is 38.5 Å². The van der Waals surface area contributed by atoms with Gasteiger partial charge in [-0.25, -0.2) is 0 Å². The van der Waals surface area contributed by atoms with E-state index < -0.39 is 35.4 Å². The maximum absolute atomic E-state index is 12.5. The molecular weight excluding hydrogens is 444 g/mol. The topological polar surface area (TPSA) is 136 Å². The van der Waals surface area contributed by atoms with Gasteiger partial charge >= 0.3 is 0 Å².